The summed E-state index contributed by atoms with van der Waals surface area (Å²) in [5.41, 5.74) is 5.88. The van der Waals surface area contributed by atoms with Gasteiger partial charge >= 0.3 is 0 Å². The molecule has 5 rings (SSSR count). The Morgan fingerprint density at radius 3 is 2.71 bits per heavy atom. The highest BCUT2D eigenvalue weighted by Crippen LogP contribution is 2.47. The second-order valence-corrected chi connectivity index (χ2v) is 8.57. The van der Waals surface area contributed by atoms with Crippen LogP contribution in [0.2, 0.25) is 0 Å². The molecular weight excluding hydrogens is 390 g/mol. The maximum absolute atomic E-state index is 13.2. The quantitative estimate of drug-likeness (QED) is 0.462. The summed E-state index contributed by atoms with van der Waals surface area (Å²) in [6.07, 6.45) is 3.75. The molecule has 7 heteroatoms. The van der Waals surface area contributed by atoms with Crippen LogP contribution in [0.1, 0.15) is 29.8 Å². The van der Waals surface area contributed by atoms with Gasteiger partial charge in [-0.05, 0) is 62.1 Å². The number of nitrogens with one attached hydrogen (secondary N) is 2. The fourth-order valence-electron chi connectivity index (χ4n) is 4.12. The molecule has 0 atom stereocenters. The van der Waals surface area contributed by atoms with E-state index in [9.17, 15) is 9.90 Å². The van der Waals surface area contributed by atoms with E-state index < -0.39 is 0 Å². The summed E-state index contributed by atoms with van der Waals surface area (Å²) in [7, 11) is 1.80. The molecular formula is C24H25N5O2. The number of nitrogens with zero attached hydrogens (tertiary/aromatic N) is 3. The Hall–Kier alpha value is -3.45. The standard InChI is InChI=1S/C24H25N5O2/c1-14-4-5-17(26-22-11-21(27-28-22)24(13-30)6-7-24)10-18(14)19-9-16-12-25-15(2)8-20(16)29(3)23(19)31/h4-5,8-12,30H,6-7,13H2,1-3H3,(H2,26,27,28). The van der Waals surface area contributed by atoms with Crippen LogP contribution in [-0.2, 0) is 12.5 Å². The van der Waals surface area contributed by atoms with Crippen LogP contribution in [0.15, 0.2) is 47.4 Å². The van der Waals surface area contributed by atoms with Gasteiger partial charge in [0.15, 0.2) is 5.82 Å². The molecule has 4 aromatic rings. The van der Waals surface area contributed by atoms with E-state index in [1.54, 1.807) is 11.6 Å². The Morgan fingerprint density at radius 2 is 1.97 bits per heavy atom. The van der Waals surface area contributed by atoms with Crippen molar-refractivity contribution in [3.05, 3.63) is 69.9 Å². The van der Waals surface area contributed by atoms with Crippen molar-refractivity contribution in [2.45, 2.75) is 32.1 Å². The lowest BCUT2D eigenvalue weighted by Gasteiger charge is -2.13. The summed E-state index contributed by atoms with van der Waals surface area (Å²) < 4.78 is 1.68. The van der Waals surface area contributed by atoms with Gasteiger partial charge in [-0.1, -0.05) is 6.07 Å². The monoisotopic (exact) mass is 415 g/mol. The van der Waals surface area contributed by atoms with Crippen molar-refractivity contribution < 1.29 is 5.11 Å². The van der Waals surface area contributed by atoms with Crippen molar-refractivity contribution in [3.8, 4) is 11.1 Å². The number of hydrogen-bond acceptors (Lipinski definition) is 5. The highest BCUT2D eigenvalue weighted by atomic mass is 16.3. The molecule has 0 spiro atoms. The summed E-state index contributed by atoms with van der Waals surface area (Å²) in [5.74, 6) is 0.690. The number of benzene rings is 1. The normalized spacial score (nSPS) is 14.7. The zero-order chi connectivity index (χ0) is 21.8. The molecule has 0 bridgehead atoms. The second-order valence-electron chi connectivity index (χ2n) is 8.57. The molecule has 0 saturated heterocycles. The molecule has 0 unspecified atom stereocenters. The zero-order valence-electron chi connectivity index (χ0n) is 17.9. The molecule has 1 fully saturated rings. The van der Waals surface area contributed by atoms with Crippen molar-refractivity contribution in [1.29, 1.82) is 0 Å². The molecule has 3 aromatic heterocycles. The molecule has 1 aliphatic carbocycles. The third kappa shape index (κ3) is 3.31. The first-order chi connectivity index (χ1) is 14.9. The summed E-state index contributed by atoms with van der Waals surface area (Å²) in [4.78, 5) is 17.5. The van der Waals surface area contributed by atoms with E-state index in [1.807, 2.05) is 56.4 Å². The van der Waals surface area contributed by atoms with E-state index in [1.165, 1.54) is 0 Å². The number of aliphatic hydroxyl groups excluding tert-OH is 1. The van der Waals surface area contributed by atoms with Gasteiger partial charge in [-0.2, -0.15) is 5.10 Å². The van der Waals surface area contributed by atoms with Crippen LogP contribution in [0, 0.1) is 13.8 Å². The summed E-state index contributed by atoms with van der Waals surface area (Å²) in [5, 5.41) is 21.3. The van der Waals surface area contributed by atoms with E-state index in [4.69, 9.17) is 0 Å². The van der Waals surface area contributed by atoms with Gasteiger partial charge in [0.05, 0.1) is 12.1 Å². The minimum atomic E-state index is -0.158. The number of anilines is 2. The van der Waals surface area contributed by atoms with E-state index in [0.29, 0.717) is 11.4 Å². The minimum Gasteiger partial charge on any atom is -0.395 e. The number of rotatable bonds is 5. The van der Waals surface area contributed by atoms with Crippen molar-refractivity contribution in [3.63, 3.8) is 0 Å². The Bertz CT molecular complexity index is 1360. The van der Waals surface area contributed by atoms with Gasteiger partial charge in [0.1, 0.15) is 0 Å². The molecule has 0 amide bonds. The maximum Gasteiger partial charge on any atom is 0.258 e. The molecule has 0 aliphatic heterocycles. The summed E-state index contributed by atoms with van der Waals surface area (Å²) in [6.45, 7) is 4.05. The van der Waals surface area contributed by atoms with E-state index in [0.717, 1.165) is 51.9 Å². The first kappa shape index (κ1) is 19.5. The number of hydrogen-bond donors (Lipinski definition) is 3. The largest absolute Gasteiger partial charge is 0.395 e. The zero-order valence-corrected chi connectivity index (χ0v) is 17.9. The first-order valence-corrected chi connectivity index (χ1v) is 10.4. The van der Waals surface area contributed by atoms with E-state index in [-0.39, 0.29) is 17.6 Å². The SMILES string of the molecule is Cc1cc2c(cn1)cc(-c1cc(Nc3cc(C4(CO)CC4)[nH]n3)ccc1C)c(=O)n2C. The van der Waals surface area contributed by atoms with Gasteiger partial charge in [0, 0.05) is 52.8 Å². The lowest BCUT2D eigenvalue weighted by Crippen LogP contribution is -2.19. The molecule has 0 radical (unpaired) electrons. The minimum absolute atomic E-state index is 0.0426. The van der Waals surface area contributed by atoms with Gasteiger partial charge in [-0.3, -0.25) is 14.9 Å². The molecule has 3 heterocycles. The van der Waals surface area contributed by atoms with Crippen molar-refractivity contribution >= 4 is 22.4 Å². The van der Waals surface area contributed by atoms with Crippen LogP contribution >= 0.6 is 0 Å². The molecule has 7 nitrogen and oxygen atoms in total. The van der Waals surface area contributed by atoms with Crippen LogP contribution in [0.4, 0.5) is 11.5 Å². The molecule has 3 N–H and O–H groups in total. The van der Waals surface area contributed by atoms with Gasteiger partial charge in [0.25, 0.3) is 5.56 Å². The third-order valence-corrected chi connectivity index (χ3v) is 6.35. The predicted molar refractivity (Wildman–Crippen MR) is 122 cm³/mol. The number of aliphatic hydroxyl groups is 1. The molecule has 158 valence electrons. The number of aromatic nitrogens is 4. The Balaban J connectivity index is 1.53. The third-order valence-electron chi connectivity index (χ3n) is 6.35. The predicted octanol–water partition coefficient (Wildman–Crippen LogP) is 3.71. The summed E-state index contributed by atoms with van der Waals surface area (Å²) >= 11 is 0. The maximum atomic E-state index is 13.2. The highest BCUT2D eigenvalue weighted by molar-refractivity contribution is 5.85. The number of fused-ring (bicyclic) bond motifs is 1. The Morgan fingerprint density at radius 1 is 1.16 bits per heavy atom. The number of aryl methyl sites for hydroxylation is 3. The van der Waals surface area contributed by atoms with Gasteiger partial charge < -0.3 is 15.0 Å². The first-order valence-electron chi connectivity index (χ1n) is 10.4. The highest BCUT2D eigenvalue weighted by Gasteiger charge is 2.45. The number of pyridine rings is 2. The average molecular weight is 415 g/mol. The lowest BCUT2D eigenvalue weighted by molar-refractivity contribution is 0.252. The summed E-state index contributed by atoms with van der Waals surface area (Å²) in [6, 6.07) is 11.8. The van der Waals surface area contributed by atoms with Crippen LogP contribution in [0.5, 0.6) is 0 Å². The van der Waals surface area contributed by atoms with Crippen LogP contribution in [0.25, 0.3) is 22.0 Å². The lowest BCUT2D eigenvalue weighted by atomic mass is 9.99. The smallest absolute Gasteiger partial charge is 0.258 e. The topological polar surface area (TPSA) is 95.8 Å². The van der Waals surface area contributed by atoms with Crippen molar-refractivity contribution in [2.75, 3.05) is 11.9 Å². The van der Waals surface area contributed by atoms with Crippen molar-refractivity contribution in [2.24, 2.45) is 7.05 Å². The van der Waals surface area contributed by atoms with E-state index in [2.05, 4.69) is 20.5 Å². The Kier molecular flexibility index (Phi) is 4.44. The van der Waals surface area contributed by atoms with Crippen molar-refractivity contribution in [1.82, 2.24) is 19.7 Å². The molecule has 1 aromatic carbocycles. The molecule has 1 saturated carbocycles. The number of H-pyrrole nitrogens is 1. The Labute approximate surface area is 179 Å². The molecule has 31 heavy (non-hydrogen) atoms. The second kappa shape index (κ2) is 7.06. The fraction of sp³-hybridized carbons (Fsp3) is 0.292. The fourth-order valence-corrected chi connectivity index (χ4v) is 4.12. The van der Waals surface area contributed by atoms with E-state index >= 15 is 0 Å². The van der Waals surface area contributed by atoms with Gasteiger partial charge in [0.2, 0.25) is 0 Å². The van der Waals surface area contributed by atoms with Gasteiger partial charge in [-0.15, -0.1) is 0 Å². The van der Waals surface area contributed by atoms with Crippen LogP contribution in [0.3, 0.4) is 0 Å². The number of aromatic amines is 1. The van der Waals surface area contributed by atoms with Crippen LogP contribution in [-0.4, -0.2) is 31.5 Å². The van der Waals surface area contributed by atoms with Crippen LogP contribution < -0.4 is 10.9 Å². The average Bonchev–Trinajstić information content (AvgIpc) is 3.43. The van der Waals surface area contributed by atoms with Gasteiger partial charge in [-0.25, -0.2) is 0 Å². The molecule has 1 aliphatic rings.